The van der Waals surface area contributed by atoms with Gasteiger partial charge in [0.25, 0.3) is 0 Å². The first-order chi connectivity index (χ1) is 9.54. The number of aryl methyl sites for hydroxylation is 1. The maximum absolute atomic E-state index is 11.4. The number of anilines is 1. The van der Waals surface area contributed by atoms with E-state index in [0.717, 1.165) is 21.3 Å². The molecule has 0 saturated heterocycles. The molecular formula is C16H13Br2NO. The SMILES string of the molecule is Cc1ccc(C(Br)c2ccc3c(c2)CC(=O)N3)cc1Br. The molecule has 1 heterocycles. The molecule has 1 amide bonds. The summed E-state index contributed by atoms with van der Waals surface area (Å²) in [6.45, 7) is 2.07. The summed E-state index contributed by atoms with van der Waals surface area (Å²) in [6, 6.07) is 12.5. The number of alkyl halides is 1. The van der Waals surface area contributed by atoms with E-state index in [0.29, 0.717) is 6.42 Å². The summed E-state index contributed by atoms with van der Waals surface area (Å²) in [7, 11) is 0. The maximum atomic E-state index is 11.4. The van der Waals surface area contributed by atoms with Crippen LogP contribution in [0.1, 0.15) is 27.1 Å². The Balaban J connectivity index is 1.94. The molecule has 1 unspecified atom stereocenters. The van der Waals surface area contributed by atoms with Crippen molar-refractivity contribution in [2.24, 2.45) is 0 Å². The minimum Gasteiger partial charge on any atom is -0.326 e. The summed E-state index contributed by atoms with van der Waals surface area (Å²) in [5.41, 5.74) is 5.58. The molecule has 0 aliphatic carbocycles. The third kappa shape index (κ3) is 2.54. The third-order valence-electron chi connectivity index (χ3n) is 3.54. The van der Waals surface area contributed by atoms with E-state index >= 15 is 0 Å². The van der Waals surface area contributed by atoms with Gasteiger partial charge in [-0.2, -0.15) is 0 Å². The number of amides is 1. The van der Waals surface area contributed by atoms with Crippen LogP contribution in [0.2, 0.25) is 0 Å². The van der Waals surface area contributed by atoms with Gasteiger partial charge in [0, 0.05) is 10.2 Å². The number of carbonyl (C=O) groups is 1. The predicted octanol–water partition coefficient (Wildman–Crippen LogP) is 4.74. The zero-order valence-electron chi connectivity index (χ0n) is 10.9. The van der Waals surface area contributed by atoms with Crippen molar-refractivity contribution in [2.45, 2.75) is 18.2 Å². The van der Waals surface area contributed by atoms with Gasteiger partial charge in [0.1, 0.15) is 0 Å². The van der Waals surface area contributed by atoms with Crippen LogP contribution >= 0.6 is 31.9 Å². The Hall–Kier alpha value is -1.13. The van der Waals surface area contributed by atoms with Crippen molar-refractivity contribution in [3.8, 4) is 0 Å². The van der Waals surface area contributed by atoms with Crippen LogP contribution in [-0.2, 0) is 11.2 Å². The largest absolute Gasteiger partial charge is 0.326 e. The van der Waals surface area contributed by atoms with E-state index in [1.54, 1.807) is 0 Å². The predicted molar refractivity (Wildman–Crippen MR) is 88.4 cm³/mol. The number of rotatable bonds is 2. The van der Waals surface area contributed by atoms with Gasteiger partial charge in [-0.15, -0.1) is 0 Å². The Morgan fingerprint density at radius 1 is 1.15 bits per heavy atom. The molecule has 20 heavy (non-hydrogen) atoms. The summed E-state index contributed by atoms with van der Waals surface area (Å²) in [6.07, 6.45) is 0.473. The Morgan fingerprint density at radius 3 is 2.60 bits per heavy atom. The highest BCUT2D eigenvalue weighted by atomic mass is 79.9. The van der Waals surface area contributed by atoms with Crippen molar-refractivity contribution in [1.82, 2.24) is 0 Å². The summed E-state index contributed by atoms with van der Waals surface area (Å²) < 4.78 is 1.11. The van der Waals surface area contributed by atoms with E-state index in [2.05, 4.69) is 74.4 Å². The van der Waals surface area contributed by atoms with Gasteiger partial charge in [0.05, 0.1) is 11.2 Å². The summed E-state index contributed by atoms with van der Waals surface area (Å²) >= 11 is 7.32. The fraction of sp³-hybridized carbons (Fsp3) is 0.188. The second-order valence-electron chi connectivity index (χ2n) is 5.01. The van der Waals surface area contributed by atoms with Crippen LogP contribution in [0.4, 0.5) is 5.69 Å². The minimum absolute atomic E-state index is 0.0707. The molecule has 1 aliphatic heterocycles. The zero-order valence-corrected chi connectivity index (χ0v) is 14.1. The molecule has 102 valence electrons. The minimum atomic E-state index is 0.0707. The lowest BCUT2D eigenvalue weighted by molar-refractivity contribution is -0.115. The van der Waals surface area contributed by atoms with Gasteiger partial charge in [-0.05, 0) is 41.3 Å². The number of benzene rings is 2. The van der Waals surface area contributed by atoms with Gasteiger partial charge >= 0.3 is 0 Å². The highest BCUT2D eigenvalue weighted by molar-refractivity contribution is 9.10. The molecule has 4 heteroatoms. The van der Waals surface area contributed by atoms with Gasteiger partial charge in [-0.25, -0.2) is 0 Å². The topological polar surface area (TPSA) is 29.1 Å². The van der Waals surface area contributed by atoms with Gasteiger partial charge in [-0.3, -0.25) is 4.79 Å². The van der Waals surface area contributed by atoms with Crippen LogP contribution < -0.4 is 5.32 Å². The number of carbonyl (C=O) groups excluding carboxylic acids is 1. The van der Waals surface area contributed by atoms with E-state index in [1.165, 1.54) is 11.1 Å². The van der Waals surface area contributed by atoms with E-state index in [-0.39, 0.29) is 10.7 Å². The molecule has 1 aliphatic rings. The van der Waals surface area contributed by atoms with E-state index < -0.39 is 0 Å². The first-order valence-electron chi connectivity index (χ1n) is 6.37. The summed E-state index contributed by atoms with van der Waals surface area (Å²) in [4.78, 5) is 11.5. The van der Waals surface area contributed by atoms with Crippen molar-refractivity contribution in [3.05, 3.63) is 63.1 Å². The molecule has 2 aromatic rings. The van der Waals surface area contributed by atoms with Crippen molar-refractivity contribution < 1.29 is 4.79 Å². The Labute approximate surface area is 134 Å². The van der Waals surface area contributed by atoms with Crippen LogP contribution in [0.25, 0.3) is 0 Å². The van der Waals surface area contributed by atoms with Crippen LogP contribution in [0, 0.1) is 6.92 Å². The summed E-state index contributed by atoms with van der Waals surface area (Å²) in [5.74, 6) is 0.0707. The average molecular weight is 395 g/mol. The van der Waals surface area contributed by atoms with Crippen molar-refractivity contribution in [1.29, 1.82) is 0 Å². The van der Waals surface area contributed by atoms with Gasteiger partial charge in [0.2, 0.25) is 5.91 Å². The quantitative estimate of drug-likeness (QED) is 0.732. The van der Waals surface area contributed by atoms with E-state index in [9.17, 15) is 4.79 Å². The highest BCUT2D eigenvalue weighted by Gasteiger charge is 2.20. The van der Waals surface area contributed by atoms with Gasteiger partial charge in [0.15, 0.2) is 0 Å². The van der Waals surface area contributed by atoms with Crippen molar-refractivity contribution in [3.63, 3.8) is 0 Å². The maximum Gasteiger partial charge on any atom is 0.228 e. The van der Waals surface area contributed by atoms with Gasteiger partial charge in [-0.1, -0.05) is 56.1 Å². The normalized spacial score (nSPS) is 14.8. The fourth-order valence-corrected chi connectivity index (χ4v) is 3.33. The number of hydrogen-bond acceptors (Lipinski definition) is 1. The zero-order chi connectivity index (χ0) is 14.3. The van der Waals surface area contributed by atoms with Crippen LogP contribution in [0.5, 0.6) is 0 Å². The van der Waals surface area contributed by atoms with Crippen LogP contribution in [-0.4, -0.2) is 5.91 Å². The molecule has 0 saturated carbocycles. The second-order valence-corrected chi connectivity index (χ2v) is 6.78. The highest BCUT2D eigenvalue weighted by Crippen LogP contribution is 2.35. The fourth-order valence-electron chi connectivity index (χ4n) is 2.37. The molecule has 0 bridgehead atoms. The third-order valence-corrected chi connectivity index (χ3v) is 5.45. The molecule has 3 rings (SSSR count). The van der Waals surface area contributed by atoms with Crippen LogP contribution in [0.15, 0.2) is 40.9 Å². The average Bonchev–Trinajstić information content (AvgIpc) is 2.80. The van der Waals surface area contributed by atoms with Gasteiger partial charge < -0.3 is 5.32 Å². The van der Waals surface area contributed by atoms with Crippen molar-refractivity contribution in [2.75, 3.05) is 5.32 Å². The molecule has 0 radical (unpaired) electrons. The monoisotopic (exact) mass is 393 g/mol. The van der Waals surface area contributed by atoms with Crippen molar-refractivity contribution >= 4 is 43.5 Å². The van der Waals surface area contributed by atoms with Crippen LogP contribution in [0.3, 0.4) is 0 Å². The Kier molecular flexibility index (Phi) is 3.69. The molecular weight excluding hydrogens is 382 g/mol. The molecule has 1 atom stereocenters. The number of hydrogen-bond donors (Lipinski definition) is 1. The molecule has 0 aromatic heterocycles. The first kappa shape index (κ1) is 13.8. The van der Waals surface area contributed by atoms with E-state index in [4.69, 9.17) is 0 Å². The lowest BCUT2D eigenvalue weighted by Gasteiger charge is -2.13. The second kappa shape index (κ2) is 5.34. The smallest absolute Gasteiger partial charge is 0.228 e. The lowest BCUT2D eigenvalue weighted by Crippen LogP contribution is -2.03. The number of fused-ring (bicyclic) bond motifs is 1. The summed E-state index contributed by atoms with van der Waals surface area (Å²) in [5, 5.41) is 2.86. The molecule has 0 fully saturated rings. The number of halogens is 2. The standard InChI is InChI=1S/C16H13Br2NO/c1-9-2-3-11(7-13(9)17)16(18)10-4-5-14-12(6-10)8-15(20)19-14/h2-7,16H,8H2,1H3,(H,19,20). The molecule has 0 spiro atoms. The Bertz CT molecular complexity index is 697. The van der Waals surface area contributed by atoms with E-state index in [1.807, 2.05) is 6.07 Å². The lowest BCUT2D eigenvalue weighted by atomic mass is 10.0. The first-order valence-corrected chi connectivity index (χ1v) is 8.08. The molecule has 1 N–H and O–H groups in total. The number of nitrogens with one attached hydrogen (secondary N) is 1. The molecule has 2 nitrogen and oxygen atoms in total. The Morgan fingerprint density at radius 2 is 1.85 bits per heavy atom. The molecule has 2 aromatic carbocycles.